The van der Waals surface area contributed by atoms with Gasteiger partial charge in [0, 0.05) is 6.61 Å². The van der Waals surface area contributed by atoms with Crippen molar-refractivity contribution in [1.29, 1.82) is 0 Å². The third-order valence-corrected chi connectivity index (χ3v) is 6.18. The summed E-state index contributed by atoms with van der Waals surface area (Å²) < 4.78 is 38.8. The lowest BCUT2D eigenvalue weighted by Crippen LogP contribution is -2.29. The van der Waals surface area contributed by atoms with Gasteiger partial charge in [-0.1, -0.05) is 44.4 Å². The number of rotatable bonds is 11. The van der Waals surface area contributed by atoms with Crippen LogP contribution in [0.25, 0.3) is 0 Å². The van der Waals surface area contributed by atoms with Crippen LogP contribution < -0.4 is 4.74 Å². The molecule has 0 radical (unpaired) electrons. The van der Waals surface area contributed by atoms with Crippen molar-refractivity contribution in [3.8, 4) is 5.75 Å². The summed E-state index contributed by atoms with van der Waals surface area (Å²) in [4.78, 5) is 12.5. The van der Waals surface area contributed by atoms with Crippen molar-refractivity contribution in [2.24, 2.45) is 5.92 Å². The number of hydrogen-bond acceptors (Lipinski definition) is 3. The molecular formula is C27H34F2O3. The van der Waals surface area contributed by atoms with E-state index in [1.807, 2.05) is 0 Å². The smallest absolute Gasteiger partial charge is 0.314 e. The van der Waals surface area contributed by atoms with Gasteiger partial charge in [0.25, 0.3) is 0 Å². The van der Waals surface area contributed by atoms with Gasteiger partial charge in [0.1, 0.15) is 5.82 Å². The average Bonchev–Trinajstić information content (AvgIpc) is 2.80. The number of aryl methyl sites for hydroxylation is 2. The van der Waals surface area contributed by atoms with Gasteiger partial charge in [-0.25, -0.2) is 8.78 Å². The zero-order valence-corrected chi connectivity index (χ0v) is 19.0. The van der Waals surface area contributed by atoms with E-state index in [0.29, 0.717) is 12.8 Å². The second kappa shape index (κ2) is 12.7. The highest BCUT2D eigenvalue weighted by atomic mass is 19.1. The predicted octanol–water partition coefficient (Wildman–Crippen LogP) is 6.81. The first-order valence-electron chi connectivity index (χ1n) is 11.9. The maximum Gasteiger partial charge on any atom is 0.314 e. The van der Waals surface area contributed by atoms with Crippen LogP contribution >= 0.6 is 0 Å². The molecule has 0 N–H and O–H groups in total. The maximum atomic E-state index is 14.5. The molecule has 0 aliphatic heterocycles. The number of carbonyl (C=O) groups is 1. The van der Waals surface area contributed by atoms with Gasteiger partial charge in [-0.2, -0.15) is 0 Å². The van der Waals surface area contributed by atoms with Crippen LogP contribution in [0.5, 0.6) is 5.75 Å². The minimum Gasteiger partial charge on any atom is -0.423 e. The molecule has 174 valence electrons. The van der Waals surface area contributed by atoms with Gasteiger partial charge in [-0.3, -0.25) is 4.79 Å². The van der Waals surface area contributed by atoms with E-state index in [1.54, 1.807) is 18.2 Å². The van der Waals surface area contributed by atoms with Crippen LogP contribution in [0.1, 0.15) is 69.4 Å². The van der Waals surface area contributed by atoms with Crippen molar-refractivity contribution in [3.05, 3.63) is 65.2 Å². The van der Waals surface area contributed by atoms with Gasteiger partial charge in [0.2, 0.25) is 0 Å². The molecular weight excluding hydrogens is 410 g/mol. The Kier molecular flexibility index (Phi) is 9.66. The zero-order chi connectivity index (χ0) is 22.8. The normalized spacial score (nSPS) is 18.5. The van der Waals surface area contributed by atoms with Crippen molar-refractivity contribution >= 4 is 5.97 Å². The van der Waals surface area contributed by atoms with Gasteiger partial charge in [-0.15, -0.1) is 0 Å². The Morgan fingerprint density at radius 2 is 1.59 bits per heavy atom. The summed E-state index contributed by atoms with van der Waals surface area (Å²) in [7, 11) is 0. The molecule has 1 saturated carbocycles. The molecule has 0 atom stereocenters. The standard InChI is InChI=1S/C27H34F2O3/c1-2-3-4-5-18-31-24-15-11-22(12-16-24)27(30)32-26-17-10-21(19-25(26)29)7-6-20-8-13-23(28)14-9-20/h8-10,13-14,17,19,22,24H,2-7,11-12,15-16,18H2,1H3. The van der Waals surface area contributed by atoms with Gasteiger partial charge >= 0.3 is 5.97 Å². The molecule has 0 aromatic heterocycles. The fourth-order valence-electron chi connectivity index (χ4n) is 4.16. The van der Waals surface area contributed by atoms with Crippen LogP contribution in [0.2, 0.25) is 0 Å². The average molecular weight is 445 g/mol. The van der Waals surface area contributed by atoms with E-state index in [-0.39, 0.29) is 29.6 Å². The first-order valence-corrected chi connectivity index (χ1v) is 11.9. The molecule has 5 heteroatoms. The van der Waals surface area contributed by atoms with Gasteiger partial charge in [0.15, 0.2) is 11.6 Å². The first kappa shape index (κ1) is 24.4. The SMILES string of the molecule is CCCCCCOC1CCC(C(=O)Oc2ccc(CCc3ccc(F)cc3)cc2F)CC1. The number of ether oxygens (including phenoxy) is 2. The summed E-state index contributed by atoms with van der Waals surface area (Å²) in [5, 5.41) is 0. The van der Waals surface area contributed by atoms with Crippen molar-refractivity contribution in [2.75, 3.05) is 6.61 Å². The summed E-state index contributed by atoms with van der Waals surface area (Å²) in [6, 6.07) is 11.0. The minimum atomic E-state index is -0.529. The molecule has 0 bridgehead atoms. The summed E-state index contributed by atoms with van der Waals surface area (Å²) in [6.07, 6.45) is 9.41. The molecule has 2 aromatic rings. The fraction of sp³-hybridized carbons (Fsp3) is 0.519. The number of halogens is 2. The van der Waals surface area contributed by atoms with E-state index in [1.165, 1.54) is 43.5 Å². The molecule has 2 aromatic carbocycles. The molecule has 3 nitrogen and oxygen atoms in total. The van der Waals surface area contributed by atoms with Crippen LogP contribution in [-0.2, 0) is 22.4 Å². The van der Waals surface area contributed by atoms with E-state index >= 15 is 0 Å². The molecule has 0 spiro atoms. The highest BCUT2D eigenvalue weighted by Gasteiger charge is 2.28. The molecule has 0 saturated heterocycles. The topological polar surface area (TPSA) is 35.5 Å². The summed E-state index contributed by atoms with van der Waals surface area (Å²) >= 11 is 0. The molecule has 0 amide bonds. The van der Waals surface area contributed by atoms with E-state index in [4.69, 9.17) is 9.47 Å². The lowest BCUT2D eigenvalue weighted by Gasteiger charge is -2.27. The maximum absolute atomic E-state index is 14.5. The summed E-state index contributed by atoms with van der Waals surface area (Å²) in [6.45, 7) is 2.98. The van der Waals surface area contributed by atoms with Crippen LogP contribution in [0.15, 0.2) is 42.5 Å². The van der Waals surface area contributed by atoms with E-state index < -0.39 is 5.82 Å². The van der Waals surface area contributed by atoms with Crippen LogP contribution in [0, 0.1) is 17.6 Å². The van der Waals surface area contributed by atoms with Crippen LogP contribution in [-0.4, -0.2) is 18.7 Å². The Morgan fingerprint density at radius 3 is 2.28 bits per heavy atom. The monoisotopic (exact) mass is 444 g/mol. The molecule has 0 unspecified atom stereocenters. The van der Waals surface area contributed by atoms with Gasteiger partial charge in [-0.05, 0) is 80.3 Å². The second-order valence-electron chi connectivity index (χ2n) is 8.72. The van der Waals surface area contributed by atoms with Crippen LogP contribution in [0.3, 0.4) is 0 Å². The van der Waals surface area contributed by atoms with E-state index in [0.717, 1.165) is 49.8 Å². The van der Waals surface area contributed by atoms with Gasteiger partial charge in [0.05, 0.1) is 12.0 Å². The molecule has 1 aliphatic carbocycles. The molecule has 1 aliphatic rings. The number of benzene rings is 2. The Balaban J connectivity index is 1.41. The summed E-state index contributed by atoms with van der Waals surface area (Å²) in [5.74, 6) is -1.37. The Bertz CT molecular complexity index is 842. The number of esters is 1. The van der Waals surface area contributed by atoms with E-state index in [2.05, 4.69) is 6.92 Å². The molecule has 1 fully saturated rings. The Labute approximate surface area is 190 Å². The number of hydrogen-bond donors (Lipinski definition) is 0. The number of unbranched alkanes of at least 4 members (excludes halogenated alkanes) is 3. The minimum absolute atomic E-state index is 0.0187. The molecule has 32 heavy (non-hydrogen) atoms. The van der Waals surface area contributed by atoms with Crippen LogP contribution in [0.4, 0.5) is 8.78 Å². The quantitative estimate of drug-likeness (QED) is 0.217. The number of carbonyl (C=O) groups excluding carboxylic acids is 1. The zero-order valence-electron chi connectivity index (χ0n) is 19.0. The van der Waals surface area contributed by atoms with Crippen molar-refractivity contribution in [2.45, 2.75) is 77.2 Å². The Hall–Kier alpha value is -2.27. The first-order chi connectivity index (χ1) is 15.5. The molecule has 0 heterocycles. The lowest BCUT2D eigenvalue weighted by atomic mass is 9.87. The third-order valence-electron chi connectivity index (χ3n) is 6.18. The Morgan fingerprint density at radius 1 is 0.906 bits per heavy atom. The molecule has 3 rings (SSSR count). The highest BCUT2D eigenvalue weighted by Crippen LogP contribution is 2.29. The predicted molar refractivity (Wildman–Crippen MR) is 122 cm³/mol. The largest absolute Gasteiger partial charge is 0.423 e. The third kappa shape index (κ3) is 7.70. The van der Waals surface area contributed by atoms with Crippen molar-refractivity contribution < 1.29 is 23.0 Å². The fourth-order valence-corrected chi connectivity index (χ4v) is 4.16. The van der Waals surface area contributed by atoms with Crippen molar-refractivity contribution in [3.63, 3.8) is 0 Å². The van der Waals surface area contributed by atoms with Crippen molar-refractivity contribution in [1.82, 2.24) is 0 Å². The highest BCUT2D eigenvalue weighted by molar-refractivity contribution is 5.75. The second-order valence-corrected chi connectivity index (χ2v) is 8.72. The van der Waals surface area contributed by atoms with E-state index in [9.17, 15) is 13.6 Å². The van der Waals surface area contributed by atoms with Gasteiger partial charge < -0.3 is 9.47 Å². The lowest BCUT2D eigenvalue weighted by molar-refractivity contribution is -0.141. The summed E-state index contributed by atoms with van der Waals surface area (Å²) in [5.41, 5.74) is 1.80.